The quantitative estimate of drug-likeness (QED) is 0.676. The molecular weight excluding hydrogens is 194 g/mol. The molecule has 0 bridgehead atoms. The Morgan fingerprint density at radius 1 is 1.40 bits per heavy atom. The zero-order valence-corrected chi connectivity index (χ0v) is 6.88. The minimum Gasteiger partial charge on any atom is -0.374 e. The molecule has 54 valence electrons. The summed E-state index contributed by atoms with van der Waals surface area (Å²) in [5.74, 6) is 0. The second kappa shape index (κ2) is 3.14. The number of halogens is 1. The molecule has 0 heterocycles. The van der Waals surface area contributed by atoms with E-state index in [4.69, 9.17) is 10.8 Å². The van der Waals surface area contributed by atoms with Crippen molar-refractivity contribution in [3.05, 3.63) is 34.3 Å². The van der Waals surface area contributed by atoms with Gasteiger partial charge in [0.1, 0.15) is 6.23 Å². The Labute approximate surface area is 67.8 Å². The Morgan fingerprint density at radius 3 is 2.40 bits per heavy atom. The first kappa shape index (κ1) is 7.72. The zero-order valence-electron chi connectivity index (χ0n) is 5.29. The van der Waals surface area contributed by atoms with Crippen molar-refractivity contribution < 1.29 is 5.11 Å². The van der Waals surface area contributed by atoms with E-state index >= 15 is 0 Å². The van der Waals surface area contributed by atoms with Crippen LogP contribution in [0.25, 0.3) is 0 Å². The Hall–Kier alpha value is -0.380. The maximum Gasteiger partial charge on any atom is 0.129 e. The van der Waals surface area contributed by atoms with Gasteiger partial charge in [0.2, 0.25) is 0 Å². The predicted octanol–water partition coefficient (Wildman–Crippen LogP) is 1.40. The first-order chi connectivity index (χ1) is 4.72. The lowest BCUT2D eigenvalue weighted by Gasteiger charge is -2.05. The smallest absolute Gasteiger partial charge is 0.129 e. The van der Waals surface area contributed by atoms with Crippen molar-refractivity contribution in [2.24, 2.45) is 5.73 Å². The minimum atomic E-state index is -0.893. The third-order valence-electron chi connectivity index (χ3n) is 1.22. The third kappa shape index (κ3) is 1.56. The standard InChI is InChI=1S/C7H8BrNO/c8-6-4-2-1-3-5(6)7(9)10/h1-4,7,10H,9H2. The lowest BCUT2D eigenvalue weighted by molar-refractivity contribution is 0.185. The molecule has 0 saturated heterocycles. The Kier molecular flexibility index (Phi) is 2.43. The molecule has 3 N–H and O–H groups in total. The molecule has 0 radical (unpaired) electrons. The summed E-state index contributed by atoms with van der Waals surface area (Å²) in [6.45, 7) is 0. The SMILES string of the molecule is NC(O)c1ccccc1Br. The van der Waals surface area contributed by atoms with Crippen molar-refractivity contribution in [2.75, 3.05) is 0 Å². The average Bonchev–Trinajstić information content (AvgIpc) is 1.88. The molecule has 0 aliphatic carbocycles. The molecule has 0 aliphatic rings. The van der Waals surface area contributed by atoms with E-state index in [9.17, 15) is 0 Å². The van der Waals surface area contributed by atoms with Crippen molar-refractivity contribution in [1.82, 2.24) is 0 Å². The van der Waals surface area contributed by atoms with E-state index in [1.54, 1.807) is 6.07 Å². The van der Waals surface area contributed by atoms with Crippen LogP contribution in [0.1, 0.15) is 11.8 Å². The van der Waals surface area contributed by atoms with Crippen LogP contribution in [0.5, 0.6) is 0 Å². The van der Waals surface area contributed by atoms with Crippen molar-refractivity contribution in [1.29, 1.82) is 0 Å². The normalized spacial score (nSPS) is 13.1. The number of aliphatic hydroxyl groups excluding tert-OH is 1. The lowest BCUT2D eigenvalue weighted by atomic mass is 10.2. The number of rotatable bonds is 1. The van der Waals surface area contributed by atoms with Gasteiger partial charge in [0, 0.05) is 10.0 Å². The van der Waals surface area contributed by atoms with Gasteiger partial charge in [0.25, 0.3) is 0 Å². The van der Waals surface area contributed by atoms with Crippen LogP contribution in [-0.4, -0.2) is 5.11 Å². The van der Waals surface area contributed by atoms with Crippen molar-refractivity contribution >= 4 is 15.9 Å². The lowest BCUT2D eigenvalue weighted by Crippen LogP contribution is -2.08. The monoisotopic (exact) mass is 201 g/mol. The van der Waals surface area contributed by atoms with Crippen LogP contribution in [0.3, 0.4) is 0 Å². The van der Waals surface area contributed by atoms with Gasteiger partial charge in [0.15, 0.2) is 0 Å². The summed E-state index contributed by atoms with van der Waals surface area (Å²) < 4.78 is 0.838. The molecule has 0 spiro atoms. The summed E-state index contributed by atoms with van der Waals surface area (Å²) in [7, 11) is 0. The van der Waals surface area contributed by atoms with Gasteiger partial charge in [-0.15, -0.1) is 0 Å². The molecular formula is C7H8BrNO. The number of aliphatic hydroxyl groups is 1. The van der Waals surface area contributed by atoms with Gasteiger partial charge < -0.3 is 10.8 Å². The summed E-state index contributed by atoms with van der Waals surface area (Å²) in [6, 6.07) is 7.31. The predicted molar refractivity (Wildman–Crippen MR) is 43.3 cm³/mol. The van der Waals surface area contributed by atoms with E-state index in [2.05, 4.69) is 15.9 Å². The Balaban J connectivity index is 3.03. The largest absolute Gasteiger partial charge is 0.374 e. The first-order valence-electron chi connectivity index (χ1n) is 2.90. The number of hydrogen-bond donors (Lipinski definition) is 2. The molecule has 0 aliphatic heterocycles. The van der Waals surface area contributed by atoms with Crippen LogP contribution < -0.4 is 5.73 Å². The van der Waals surface area contributed by atoms with E-state index in [1.165, 1.54) is 0 Å². The zero-order chi connectivity index (χ0) is 7.56. The van der Waals surface area contributed by atoms with Crippen LogP contribution in [0.4, 0.5) is 0 Å². The highest BCUT2D eigenvalue weighted by atomic mass is 79.9. The highest BCUT2D eigenvalue weighted by molar-refractivity contribution is 9.10. The average molecular weight is 202 g/mol. The fraction of sp³-hybridized carbons (Fsp3) is 0.143. The number of nitrogens with two attached hydrogens (primary N) is 1. The molecule has 1 unspecified atom stereocenters. The summed E-state index contributed by atoms with van der Waals surface area (Å²) in [4.78, 5) is 0. The Morgan fingerprint density at radius 2 is 2.00 bits per heavy atom. The second-order valence-electron chi connectivity index (χ2n) is 1.97. The van der Waals surface area contributed by atoms with Gasteiger partial charge >= 0.3 is 0 Å². The summed E-state index contributed by atoms with van der Waals surface area (Å²) in [6.07, 6.45) is -0.893. The van der Waals surface area contributed by atoms with Gasteiger partial charge in [0.05, 0.1) is 0 Å². The highest BCUT2D eigenvalue weighted by Gasteiger charge is 2.02. The molecule has 0 amide bonds. The molecule has 0 fully saturated rings. The minimum absolute atomic E-state index is 0.711. The number of hydrogen-bond acceptors (Lipinski definition) is 2. The first-order valence-corrected chi connectivity index (χ1v) is 3.69. The van der Waals surface area contributed by atoms with E-state index in [0.29, 0.717) is 5.56 Å². The van der Waals surface area contributed by atoms with Gasteiger partial charge in [-0.25, -0.2) is 0 Å². The van der Waals surface area contributed by atoms with E-state index < -0.39 is 6.23 Å². The van der Waals surface area contributed by atoms with Crippen molar-refractivity contribution in [3.63, 3.8) is 0 Å². The molecule has 2 nitrogen and oxygen atoms in total. The van der Waals surface area contributed by atoms with Gasteiger partial charge in [-0.05, 0) is 6.07 Å². The number of benzene rings is 1. The van der Waals surface area contributed by atoms with Gasteiger partial charge in [-0.2, -0.15) is 0 Å². The fourth-order valence-corrected chi connectivity index (χ4v) is 1.23. The molecule has 0 aromatic heterocycles. The maximum absolute atomic E-state index is 8.95. The molecule has 3 heteroatoms. The van der Waals surface area contributed by atoms with Crippen molar-refractivity contribution in [2.45, 2.75) is 6.23 Å². The second-order valence-corrected chi connectivity index (χ2v) is 2.82. The van der Waals surface area contributed by atoms with Crippen LogP contribution in [0.15, 0.2) is 28.7 Å². The summed E-state index contributed by atoms with van der Waals surface area (Å²) in [5, 5.41) is 8.95. The third-order valence-corrected chi connectivity index (χ3v) is 1.95. The molecule has 1 atom stereocenters. The van der Waals surface area contributed by atoms with Crippen LogP contribution >= 0.6 is 15.9 Å². The molecule has 1 aromatic carbocycles. The summed E-state index contributed by atoms with van der Waals surface area (Å²) >= 11 is 3.26. The Bertz CT molecular complexity index is 225. The molecule has 0 saturated carbocycles. The van der Waals surface area contributed by atoms with Crippen LogP contribution in [0.2, 0.25) is 0 Å². The van der Waals surface area contributed by atoms with Crippen molar-refractivity contribution in [3.8, 4) is 0 Å². The van der Waals surface area contributed by atoms with E-state index in [0.717, 1.165) is 4.47 Å². The maximum atomic E-state index is 8.95. The van der Waals surface area contributed by atoms with Gasteiger partial charge in [-0.3, -0.25) is 0 Å². The molecule has 10 heavy (non-hydrogen) atoms. The molecule has 1 rings (SSSR count). The highest BCUT2D eigenvalue weighted by Crippen LogP contribution is 2.19. The van der Waals surface area contributed by atoms with E-state index in [-0.39, 0.29) is 0 Å². The van der Waals surface area contributed by atoms with E-state index in [1.807, 2.05) is 18.2 Å². The van der Waals surface area contributed by atoms with Gasteiger partial charge in [-0.1, -0.05) is 34.1 Å². The fourth-order valence-electron chi connectivity index (χ4n) is 0.715. The summed E-state index contributed by atoms with van der Waals surface area (Å²) in [5.41, 5.74) is 5.95. The van der Waals surface area contributed by atoms with Crippen LogP contribution in [-0.2, 0) is 0 Å². The molecule has 1 aromatic rings. The van der Waals surface area contributed by atoms with Crippen LogP contribution in [0, 0.1) is 0 Å². The topological polar surface area (TPSA) is 46.2 Å².